The summed E-state index contributed by atoms with van der Waals surface area (Å²) in [7, 11) is 1.57. The Balaban J connectivity index is 1.52. The van der Waals surface area contributed by atoms with Gasteiger partial charge in [-0.1, -0.05) is 42.1 Å². The molecule has 0 aliphatic carbocycles. The van der Waals surface area contributed by atoms with Crippen LogP contribution in [-0.4, -0.2) is 38.4 Å². The molecular formula is C19H17N5O2S. The summed E-state index contributed by atoms with van der Waals surface area (Å²) in [5.41, 5.74) is 2.97. The molecule has 1 amide bonds. The number of carbonyl (C=O) groups is 1. The smallest absolute Gasteiger partial charge is 0.237 e. The number of ether oxygens (including phenoxy) is 1. The second kappa shape index (κ2) is 7.24. The van der Waals surface area contributed by atoms with Crippen LogP contribution in [-0.2, 0) is 4.79 Å². The number of amides is 1. The van der Waals surface area contributed by atoms with E-state index < -0.39 is 5.25 Å². The molecule has 0 fully saturated rings. The molecule has 0 aliphatic heterocycles. The van der Waals surface area contributed by atoms with Crippen LogP contribution in [0.5, 0.6) is 5.75 Å². The lowest BCUT2D eigenvalue weighted by Gasteiger charge is -2.13. The molecule has 0 aliphatic rings. The normalized spacial score (nSPS) is 12.2. The molecule has 136 valence electrons. The Labute approximate surface area is 159 Å². The Morgan fingerprint density at radius 2 is 1.93 bits per heavy atom. The molecule has 4 rings (SSSR count). The summed E-state index contributed by atoms with van der Waals surface area (Å²) in [5.74, 6) is 0.449. The molecular weight excluding hydrogens is 362 g/mol. The van der Waals surface area contributed by atoms with E-state index >= 15 is 0 Å². The number of fused-ring (bicyclic) bond motifs is 3. The number of nitrogens with one attached hydrogen (secondary N) is 2. The highest BCUT2D eigenvalue weighted by molar-refractivity contribution is 8.00. The lowest BCUT2D eigenvalue weighted by molar-refractivity contribution is -0.115. The van der Waals surface area contributed by atoms with Crippen molar-refractivity contribution in [3.05, 3.63) is 48.5 Å². The Morgan fingerprint density at radius 1 is 1.15 bits per heavy atom. The van der Waals surface area contributed by atoms with Gasteiger partial charge in [-0.25, -0.2) is 4.98 Å². The monoisotopic (exact) mass is 379 g/mol. The molecule has 0 radical (unpaired) electrons. The molecule has 0 saturated carbocycles. The van der Waals surface area contributed by atoms with Crippen molar-refractivity contribution in [2.75, 3.05) is 12.4 Å². The van der Waals surface area contributed by atoms with Gasteiger partial charge in [0.1, 0.15) is 11.3 Å². The fraction of sp³-hybridized carbons (Fsp3) is 0.158. The summed E-state index contributed by atoms with van der Waals surface area (Å²) in [4.78, 5) is 20.3. The van der Waals surface area contributed by atoms with Gasteiger partial charge in [0.15, 0.2) is 5.65 Å². The predicted molar refractivity (Wildman–Crippen MR) is 106 cm³/mol. The summed E-state index contributed by atoms with van der Waals surface area (Å²) in [6.45, 7) is 1.80. The molecule has 2 heterocycles. The minimum atomic E-state index is -0.404. The number of hydrogen-bond acceptors (Lipinski definition) is 6. The van der Waals surface area contributed by atoms with Crippen molar-refractivity contribution in [3.8, 4) is 5.75 Å². The first-order valence-corrected chi connectivity index (χ1v) is 9.25. The molecule has 2 aromatic carbocycles. The number of aromatic nitrogens is 4. The quantitative estimate of drug-likeness (QED) is 0.514. The van der Waals surface area contributed by atoms with E-state index in [2.05, 4.69) is 25.5 Å². The Morgan fingerprint density at radius 3 is 2.78 bits per heavy atom. The molecule has 0 saturated heterocycles. The van der Waals surface area contributed by atoms with Crippen molar-refractivity contribution in [2.24, 2.45) is 0 Å². The van der Waals surface area contributed by atoms with E-state index in [1.807, 2.05) is 36.4 Å². The largest absolute Gasteiger partial charge is 0.495 e. The van der Waals surface area contributed by atoms with Crippen molar-refractivity contribution in [1.82, 2.24) is 20.2 Å². The molecule has 8 heteroatoms. The predicted octanol–water partition coefficient (Wildman–Crippen LogP) is 3.63. The van der Waals surface area contributed by atoms with E-state index in [0.29, 0.717) is 22.2 Å². The SMILES string of the molecule is COc1ccccc1NC(=O)[C@@H](C)Sc1nnc2c(n1)[nH]c1ccccc12. The zero-order valence-corrected chi connectivity index (χ0v) is 15.6. The number of methoxy groups -OCH3 is 1. The van der Waals surface area contributed by atoms with Crippen molar-refractivity contribution in [2.45, 2.75) is 17.3 Å². The maximum atomic E-state index is 12.5. The van der Waals surface area contributed by atoms with Gasteiger partial charge >= 0.3 is 0 Å². The van der Waals surface area contributed by atoms with Gasteiger partial charge in [0.25, 0.3) is 0 Å². The van der Waals surface area contributed by atoms with E-state index in [1.165, 1.54) is 11.8 Å². The van der Waals surface area contributed by atoms with Gasteiger partial charge in [0.05, 0.1) is 18.0 Å². The number of hydrogen-bond donors (Lipinski definition) is 2. The number of anilines is 1. The average Bonchev–Trinajstić information content (AvgIpc) is 3.06. The second-order valence-corrected chi connectivity index (χ2v) is 7.22. The first-order valence-electron chi connectivity index (χ1n) is 8.37. The number of aromatic amines is 1. The maximum Gasteiger partial charge on any atom is 0.237 e. The van der Waals surface area contributed by atoms with Crippen LogP contribution >= 0.6 is 11.8 Å². The van der Waals surface area contributed by atoms with Crippen molar-refractivity contribution < 1.29 is 9.53 Å². The van der Waals surface area contributed by atoms with Gasteiger partial charge in [-0.3, -0.25) is 4.79 Å². The van der Waals surface area contributed by atoms with Crippen molar-refractivity contribution in [1.29, 1.82) is 0 Å². The number of para-hydroxylation sites is 3. The summed E-state index contributed by atoms with van der Waals surface area (Å²) >= 11 is 1.25. The summed E-state index contributed by atoms with van der Waals surface area (Å²) < 4.78 is 5.26. The van der Waals surface area contributed by atoms with Gasteiger partial charge in [-0.2, -0.15) is 0 Å². The van der Waals surface area contributed by atoms with Crippen LogP contribution in [0, 0.1) is 0 Å². The van der Waals surface area contributed by atoms with Crippen LogP contribution in [0.15, 0.2) is 53.7 Å². The van der Waals surface area contributed by atoms with Gasteiger partial charge in [0.2, 0.25) is 11.1 Å². The molecule has 0 bridgehead atoms. The molecule has 1 atom stereocenters. The second-order valence-electron chi connectivity index (χ2n) is 5.91. The van der Waals surface area contributed by atoms with Crippen molar-refractivity contribution >= 4 is 45.4 Å². The number of rotatable bonds is 5. The standard InChI is InChI=1S/C19H17N5O2S/c1-11(18(25)21-14-9-5-6-10-15(14)26-2)27-19-22-17-16(23-24-19)12-7-3-4-8-13(12)20-17/h3-11H,1-2H3,(H,21,25)(H,20,22,24)/t11-/m1/s1. The fourth-order valence-electron chi connectivity index (χ4n) is 2.75. The molecule has 0 spiro atoms. The number of thioether (sulfide) groups is 1. The maximum absolute atomic E-state index is 12.5. The average molecular weight is 379 g/mol. The fourth-order valence-corrected chi connectivity index (χ4v) is 3.46. The highest BCUT2D eigenvalue weighted by Crippen LogP contribution is 2.27. The van der Waals surface area contributed by atoms with Crippen LogP contribution in [0.1, 0.15) is 6.92 Å². The zero-order valence-electron chi connectivity index (χ0n) is 14.8. The van der Waals surface area contributed by atoms with E-state index in [1.54, 1.807) is 26.2 Å². The van der Waals surface area contributed by atoms with Crippen LogP contribution in [0.2, 0.25) is 0 Å². The van der Waals surface area contributed by atoms with Crippen LogP contribution in [0.25, 0.3) is 22.1 Å². The summed E-state index contributed by atoms with van der Waals surface area (Å²) in [6.07, 6.45) is 0. The number of nitrogens with zero attached hydrogens (tertiary/aromatic N) is 3. The third-order valence-electron chi connectivity index (χ3n) is 4.12. The van der Waals surface area contributed by atoms with Crippen molar-refractivity contribution in [3.63, 3.8) is 0 Å². The third kappa shape index (κ3) is 3.43. The van der Waals surface area contributed by atoms with Gasteiger partial charge in [-0.05, 0) is 25.1 Å². The topological polar surface area (TPSA) is 92.8 Å². The van der Waals surface area contributed by atoms with Gasteiger partial charge < -0.3 is 15.0 Å². The Hall–Kier alpha value is -3.13. The molecule has 7 nitrogen and oxygen atoms in total. The van der Waals surface area contributed by atoms with Gasteiger partial charge in [0, 0.05) is 10.9 Å². The van der Waals surface area contributed by atoms with E-state index in [9.17, 15) is 4.79 Å². The van der Waals surface area contributed by atoms with Gasteiger partial charge in [-0.15, -0.1) is 10.2 Å². The summed E-state index contributed by atoms with van der Waals surface area (Å²) in [6, 6.07) is 15.1. The number of H-pyrrole nitrogens is 1. The van der Waals surface area contributed by atoms with Crippen LogP contribution < -0.4 is 10.1 Å². The first kappa shape index (κ1) is 17.3. The Bertz CT molecular complexity index is 1130. The highest BCUT2D eigenvalue weighted by Gasteiger charge is 2.19. The van der Waals surface area contributed by atoms with E-state index in [0.717, 1.165) is 16.4 Å². The zero-order chi connectivity index (χ0) is 18.8. The molecule has 27 heavy (non-hydrogen) atoms. The third-order valence-corrected chi connectivity index (χ3v) is 5.07. The summed E-state index contributed by atoms with van der Waals surface area (Å²) in [5, 5.41) is 12.3. The minimum Gasteiger partial charge on any atom is -0.495 e. The van der Waals surface area contributed by atoms with Crippen LogP contribution in [0.3, 0.4) is 0 Å². The molecule has 0 unspecified atom stereocenters. The van der Waals surface area contributed by atoms with Crippen LogP contribution in [0.4, 0.5) is 5.69 Å². The lowest BCUT2D eigenvalue weighted by atomic mass is 10.2. The first-order chi connectivity index (χ1) is 13.2. The molecule has 2 N–H and O–H groups in total. The van der Waals surface area contributed by atoms with E-state index in [4.69, 9.17) is 4.74 Å². The minimum absolute atomic E-state index is 0.162. The molecule has 4 aromatic rings. The molecule has 2 aromatic heterocycles. The highest BCUT2D eigenvalue weighted by atomic mass is 32.2. The Kier molecular flexibility index (Phi) is 4.64. The van der Waals surface area contributed by atoms with E-state index in [-0.39, 0.29) is 5.91 Å². The number of benzene rings is 2. The lowest BCUT2D eigenvalue weighted by Crippen LogP contribution is -2.23. The number of carbonyl (C=O) groups excluding carboxylic acids is 1.